The smallest absolute Gasteiger partial charge is 0.321 e. The summed E-state index contributed by atoms with van der Waals surface area (Å²) in [7, 11) is 0. The van der Waals surface area contributed by atoms with Gasteiger partial charge < -0.3 is 15.1 Å². The van der Waals surface area contributed by atoms with E-state index < -0.39 is 0 Å². The lowest BCUT2D eigenvalue weighted by molar-refractivity contribution is 0.250. The number of carbonyl (C=O) groups is 1. The van der Waals surface area contributed by atoms with Crippen LogP contribution in [0, 0.1) is 6.92 Å². The van der Waals surface area contributed by atoms with Crippen LogP contribution in [0.5, 0.6) is 0 Å². The average molecular weight is 415 g/mol. The van der Waals surface area contributed by atoms with Crippen molar-refractivity contribution in [3.63, 3.8) is 0 Å². The normalized spacial score (nSPS) is 10.9. The van der Waals surface area contributed by atoms with Gasteiger partial charge in [0.1, 0.15) is 23.7 Å². The highest BCUT2D eigenvalue weighted by Crippen LogP contribution is 2.25. The van der Waals surface area contributed by atoms with Gasteiger partial charge in [-0.3, -0.25) is 5.32 Å². The molecule has 0 atom stereocenters. The summed E-state index contributed by atoms with van der Waals surface area (Å²) in [5.41, 5.74) is 0.947. The Morgan fingerprint density at radius 3 is 3.00 bits per heavy atom. The molecular formula is C18H18N6O2S2. The molecule has 3 N–H and O–H groups in total. The number of hydrogen-bond acceptors (Lipinski definition) is 8. The van der Waals surface area contributed by atoms with Crippen molar-refractivity contribution < 1.29 is 9.21 Å². The lowest BCUT2D eigenvalue weighted by atomic mass is 10.3. The van der Waals surface area contributed by atoms with Crippen LogP contribution in [-0.2, 0) is 13.0 Å². The van der Waals surface area contributed by atoms with E-state index in [1.54, 1.807) is 23.9 Å². The standard InChI is InChI=1S/C18H18N6O2S2/c1-11-2-3-12(26-11)8-20-17(25)24-18-21-9-13(28-18)4-6-19-16-15-14(5-7-27-15)22-10-23-16/h2-3,5,7,9-10H,4,6,8H2,1H3,(H,19,22,23)(H2,20,21,24,25). The molecule has 10 heteroatoms. The van der Waals surface area contributed by atoms with E-state index in [4.69, 9.17) is 4.42 Å². The van der Waals surface area contributed by atoms with Crippen molar-refractivity contribution in [2.75, 3.05) is 17.2 Å². The van der Waals surface area contributed by atoms with Gasteiger partial charge in [0, 0.05) is 24.0 Å². The Hall–Kier alpha value is -2.98. The molecule has 0 bridgehead atoms. The van der Waals surface area contributed by atoms with E-state index in [9.17, 15) is 4.79 Å². The molecule has 0 aromatic carbocycles. The lowest BCUT2D eigenvalue weighted by Gasteiger charge is -2.05. The van der Waals surface area contributed by atoms with Gasteiger partial charge >= 0.3 is 6.03 Å². The number of nitrogens with one attached hydrogen (secondary N) is 3. The summed E-state index contributed by atoms with van der Waals surface area (Å²) in [4.78, 5) is 25.8. The second kappa shape index (κ2) is 8.36. The molecule has 144 valence electrons. The average Bonchev–Trinajstić information content (AvgIpc) is 3.41. The van der Waals surface area contributed by atoms with Crippen LogP contribution in [0.1, 0.15) is 16.4 Å². The van der Waals surface area contributed by atoms with Gasteiger partial charge in [0.2, 0.25) is 0 Å². The highest BCUT2D eigenvalue weighted by molar-refractivity contribution is 7.17. The maximum Gasteiger partial charge on any atom is 0.321 e. The number of aryl methyl sites for hydroxylation is 1. The minimum atomic E-state index is -0.311. The van der Waals surface area contributed by atoms with E-state index >= 15 is 0 Å². The number of aromatic nitrogens is 3. The maximum atomic E-state index is 12.0. The summed E-state index contributed by atoms with van der Waals surface area (Å²) in [6.07, 6.45) is 4.12. The topological polar surface area (TPSA) is 105 Å². The number of nitrogens with zero attached hydrogens (tertiary/aromatic N) is 3. The molecule has 0 saturated heterocycles. The largest absolute Gasteiger partial charge is 0.465 e. The molecular weight excluding hydrogens is 396 g/mol. The lowest BCUT2D eigenvalue weighted by Crippen LogP contribution is -2.27. The third-order valence-electron chi connectivity index (χ3n) is 3.90. The van der Waals surface area contributed by atoms with Gasteiger partial charge in [0.25, 0.3) is 0 Å². The summed E-state index contributed by atoms with van der Waals surface area (Å²) < 4.78 is 6.47. The van der Waals surface area contributed by atoms with Crippen LogP contribution in [0.4, 0.5) is 15.7 Å². The van der Waals surface area contributed by atoms with E-state index in [-0.39, 0.29) is 6.03 Å². The first-order valence-corrected chi connectivity index (χ1v) is 10.3. The molecule has 0 unspecified atom stereocenters. The first kappa shape index (κ1) is 18.4. The van der Waals surface area contributed by atoms with Crippen LogP contribution in [0.2, 0.25) is 0 Å². The zero-order valence-corrected chi connectivity index (χ0v) is 16.7. The van der Waals surface area contributed by atoms with Crippen LogP contribution in [0.25, 0.3) is 10.2 Å². The number of anilines is 2. The van der Waals surface area contributed by atoms with Crippen molar-refractivity contribution in [3.05, 3.63) is 52.5 Å². The summed E-state index contributed by atoms with van der Waals surface area (Å²) in [6, 6.07) is 5.37. The molecule has 0 aliphatic carbocycles. The molecule has 8 nitrogen and oxygen atoms in total. The Balaban J connectivity index is 1.25. The molecule has 0 fully saturated rings. The van der Waals surface area contributed by atoms with Gasteiger partial charge in [-0.25, -0.2) is 19.7 Å². The maximum absolute atomic E-state index is 12.0. The molecule has 4 heterocycles. The Bertz CT molecular complexity index is 1090. The second-order valence-corrected chi connectivity index (χ2v) is 8.02. The molecule has 0 aliphatic rings. The van der Waals surface area contributed by atoms with E-state index in [1.807, 2.05) is 30.5 Å². The number of thiazole rings is 1. The summed E-state index contributed by atoms with van der Waals surface area (Å²) >= 11 is 3.07. The Morgan fingerprint density at radius 2 is 2.14 bits per heavy atom. The fraction of sp³-hybridized carbons (Fsp3) is 0.222. The molecule has 28 heavy (non-hydrogen) atoms. The van der Waals surface area contributed by atoms with Gasteiger partial charge in [-0.15, -0.1) is 22.7 Å². The van der Waals surface area contributed by atoms with Crippen LogP contribution in [0.3, 0.4) is 0 Å². The number of hydrogen-bond donors (Lipinski definition) is 3. The van der Waals surface area contributed by atoms with Gasteiger partial charge in [-0.1, -0.05) is 0 Å². The highest BCUT2D eigenvalue weighted by Gasteiger charge is 2.08. The fourth-order valence-electron chi connectivity index (χ4n) is 2.59. The molecule has 0 radical (unpaired) electrons. The van der Waals surface area contributed by atoms with Gasteiger partial charge in [0.05, 0.1) is 16.8 Å². The van der Waals surface area contributed by atoms with E-state index in [0.717, 1.165) is 39.6 Å². The molecule has 2 amide bonds. The predicted molar refractivity (Wildman–Crippen MR) is 111 cm³/mol. The first-order valence-electron chi connectivity index (χ1n) is 8.64. The minimum Gasteiger partial charge on any atom is -0.465 e. The van der Waals surface area contributed by atoms with Crippen LogP contribution < -0.4 is 16.0 Å². The summed E-state index contributed by atoms with van der Waals surface area (Å²) in [5, 5.41) is 11.4. The van der Waals surface area contributed by atoms with Crippen molar-refractivity contribution in [1.82, 2.24) is 20.3 Å². The summed E-state index contributed by atoms with van der Waals surface area (Å²) in [5.74, 6) is 2.37. The van der Waals surface area contributed by atoms with Crippen molar-refractivity contribution in [2.45, 2.75) is 19.9 Å². The minimum absolute atomic E-state index is 0.311. The molecule has 0 spiro atoms. The van der Waals surface area contributed by atoms with E-state index in [0.29, 0.717) is 17.4 Å². The van der Waals surface area contributed by atoms with Crippen molar-refractivity contribution >= 4 is 49.9 Å². The Morgan fingerprint density at radius 1 is 1.21 bits per heavy atom. The van der Waals surface area contributed by atoms with E-state index in [2.05, 4.69) is 30.9 Å². The number of furan rings is 1. The third-order valence-corrected chi connectivity index (χ3v) is 5.78. The SMILES string of the molecule is Cc1ccc(CNC(=O)Nc2ncc(CCNc3ncnc4ccsc34)s2)o1. The molecule has 4 aromatic heterocycles. The fourth-order valence-corrected chi connectivity index (χ4v) is 4.21. The van der Waals surface area contributed by atoms with Gasteiger partial charge in [0.15, 0.2) is 5.13 Å². The van der Waals surface area contributed by atoms with Gasteiger partial charge in [-0.2, -0.15) is 0 Å². The monoisotopic (exact) mass is 414 g/mol. The predicted octanol–water partition coefficient (Wildman–Crippen LogP) is 4.03. The Kier molecular flexibility index (Phi) is 5.49. The zero-order chi connectivity index (χ0) is 19.3. The Labute approximate surface area is 169 Å². The van der Waals surface area contributed by atoms with Crippen LogP contribution >= 0.6 is 22.7 Å². The molecule has 0 aliphatic heterocycles. The van der Waals surface area contributed by atoms with Crippen LogP contribution in [0.15, 0.2) is 40.5 Å². The molecule has 4 aromatic rings. The second-order valence-electron chi connectivity index (χ2n) is 5.99. The summed E-state index contributed by atoms with van der Waals surface area (Å²) in [6.45, 7) is 2.91. The van der Waals surface area contributed by atoms with Gasteiger partial charge in [-0.05, 0) is 30.5 Å². The molecule has 0 saturated carbocycles. The number of rotatable bonds is 7. The number of amides is 2. The van der Waals surface area contributed by atoms with E-state index in [1.165, 1.54) is 11.3 Å². The van der Waals surface area contributed by atoms with Crippen molar-refractivity contribution in [3.8, 4) is 0 Å². The third kappa shape index (κ3) is 4.46. The quantitative estimate of drug-likeness (QED) is 0.422. The number of fused-ring (bicyclic) bond motifs is 1. The van der Waals surface area contributed by atoms with Crippen molar-refractivity contribution in [2.24, 2.45) is 0 Å². The molecule has 4 rings (SSSR count). The number of thiophene rings is 1. The number of carbonyl (C=O) groups excluding carboxylic acids is 1. The van der Waals surface area contributed by atoms with Crippen LogP contribution in [-0.4, -0.2) is 27.5 Å². The van der Waals surface area contributed by atoms with Crippen molar-refractivity contribution in [1.29, 1.82) is 0 Å². The zero-order valence-electron chi connectivity index (χ0n) is 15.1. The highest BCUT2D eigenvalue weighted by atomic mass is 32.1. The number of urea groups is 1. The first-order chi connectivity index (χ1) is 13.7.